The molecule has 3 N–H and O–H groups in total. The van der Waals surface area contributed by atoms with Crippen molar-refractivity contribution in [3.8, 4) is 0 Å². The lowest BCUT2D eigenvalue weighted by Gasteiger charge is -2.02. The molecule has 6 nitrogen and oxygen atoms in total. The summed E-state index contributed by atoms with van der Waals surface area (Å²) in [6, 6.07) is 15.8. The summed E-state index contributed by atoms with van der Waals surface area (Å²) in [5.41, 5.74) is 4.99. The Morgan fingerprint density at radius 1 is 0.893 bits per heavy atom. The molecular weight excluding hydrogens is 350 g/mol. The molecule has 0 spiro atoms. The van der Waals surface area contributed by atoms with Gasteiger partial charge in [0.2, 0.25) is 5.78 Å². The fourth-order valence-corrected chi connectivity index (χ4v) is 4.01. The van der Waals surface area contributed by atoms with Crippen LogP contribution in [0.1, 0.15) is 21.9 Å². The monoisotopic (exact) mass is 365 g/mol. The van der Waals surface area contributed by atoms with E-state index in [1.54, 1.807) is 6.20 Å². The molecule has 0 radical (unpaired) electrons. The van der Waals surface area contributed by atoms with E-state index in [0.717, 1.165) is 38.5 Å². The first-order chi connectivity index (χ1) is 13.7. The number of aryl methyl sites for hydroxylation is 1. The summed E-state index contributed by atoms with van der Waals surface area (Å²) in [7, 11) is 0. The maximum absolute atomic E-state index is 13.5. The number of carbonyl (C=O) groups excluding carboxylic acids is 1. The minimum atomic E-state index is -0.133. The first-order valence-corrected chi connectivity index (χ1v) is 9.08. The second-order valence-corrected chi connectivity index (χ2v) is 6.98. The third-order valence-corrected chi connectivity index (χ3v) is 5.25. The molecule has 0 aliphatic rings. The molecular formula is C22H15N5O. The van der Waals surface area contributed by atoms with Gasteiger partial charge in [0, 0.05) is 33.6 Å². The highest BCUT2D eigenvalue weighted by atomic mass is 16.1. The van der Waals surface area contributed by atoms with Crippen LogP contribution in [0, 0.1) is 6.92 Å². The number of hydrogen-bond acceptors (Lipinski definition) is 3. The van der Waals surface area contributed by atoms with Gasteiger partial charge < -0.3 is 15.0 Å². The van der Waals surface area contributed by atoms with Gasteiger partial charge in [-0.1, -0.05) is 36.4 Å². The van der Waals surface area contributed by atoms with Gasteiger partial charge in [-0.3, -0.25) is 4.79 Å². The summed E-state index contributed by atoms with van der Waals surface area (Å²) in [6.45, 7) is 1.89. The Morgan fingerprint density at radius 2 is 1.64 bits per heavy atom. The number of nitrogens with zero attached hydrogens (tertiary/aromatic N) is 2. The first kappa shape index (κ1) is 15.2. The van der Waals surface area contributed by atoms with Crippen molar-refractivity contribution in [2.75, 3.05) is 0 Å². The molecule has 4 aromatic heterocycles. The maximum atomic E-state index is 13.5. The number of fused-ring (bicyclic) bond motifs is 6. The van der Waals surface area contributed by atoms with Gasteiger partial charge in [0.25, 0.3) is 0 Å². The third-order valence-electron chi connectivity index (χ3n) is 5.25. The van der Waals surface area contributed by atoms with E-state index in [1.165, 1.54) is 0 Å². The number of para-hydroxylation sites is 2. The van der Waals surface area contributed by atoms with Crippen LogP contribution in [-0.4, -0.2) is 30.7 Å². The summed E-state index contributed by atoms with van der Waals surface area (Å²) < 4.78 is 0. The Labute approximate surface area is 158 Å². The Kier molecular flexibility index (Phi) is 2.87. The topological polar surface area (TPSA) is 90.2 Å². The SMILES string of the molecule is Cc1nc2c([nH]1)c(C(=O)c1c[nH]c3ccccc13)nc1[nH]c3ccccc3c12. The highest BCUT2D eigenvalue weighted by Gasteiger charge is 2.23. The van der Waals surface area contributed by atoms with Gasteiger partial charge in [0.1, 0.15) is 22.7 Å². The van der Waals surface area contributed by atoms with Crippen molar-refractivity contribution in [3.63, 3.8) is 0 Å². The van der Waals surface area contributed by atoms with Crippen LogP contribution in [0.2, 0.25) is 0 Å². The van der Waals surface area contributed by atoms with E-state index in [0.29, 0.717) is 22.4 Å². The average Bonchev–Trinajstić information content (AvgIpc) is 3.40. The van der Waals surface area contributed by atoms with E-state index < -0.39 is 0 Å². The van der Waals surface area contributed by atoms with Gasteiger partial charge in [-0.2, -0.15) is 0 Å². The average molecular weight is 365 g/mol. The Balaban J connectivity index is 1.70. The van der Waals surface area contributed by atoms with Crippen molar-refractivity contribution < 1.29 is 4.79 Å². The van der Waals surface area contributed by atoms with E-state index in [1.807, 2.05) is 55.5 Å². The molecule has 2 aromatic carbocycles. The van der Waals surface area contributed by atoms with E-state index in [9.17, 15) is 4.79 Å². The van der Waals surface area contributed by atoms with Crippen LogP contribution in [-0.2, 0) is 0 Å². The van der Waals surface area contributed by atoms with E-state index in [4.69, 9.17) is 4.98 Å². The minimum Gasteiger partial charge on any atom is -0.360 e. The quantitative estimate of drug-likeness (QED) is 0.391. The maximum Gasteiger partial charge on any atom is 0.215 e. The van der Waals surface area contributed by atoms with Crippen LogP contribution in [0.15, 0.2) is 54.7 Å². The van der Waals surface area contributed by atoms with Gasteiger partial charge in [-0.05, 0) is 19.1 Å². The summed E-state index contributed by atoms with van der Waals surface area (Å²) in [5, 5.41) is 2.87. The van der Waals surface area contributed by atoms with Crippen molar-refractivity contribution in [2.45, 2.75) is 6.92 Å². The molecule has 0 saturated carbocycles. The lowest BCUT2D eigenvalue weighted by molar-refractivity contribution is 0.103. The first-order valence-electron chi connectivity index (χ1n) is 9.08. The molecule has 0 fully saturated rings. The normalized spacial score (nSPS) is 11.9. The summed E-state index contributed by atoms with van der Waals surface area (Å²) in [4.78, 5) is 32.6. The van der Waals surface area contributed by atoms with Crippen molar-refractivity contribution in [1.82, 2.24) is 24.9 Å². The molecule has 0 unspecified atom stereocenters. The molecule has 6 heteroatoms. The van der Waals surface area contributed by atoms with E-state index in [2.05, 4.69) is 19.9 Å². The molecule has 134 valence electrons. The van der Waals surface area contributed by atoms with E-state index >= 15 is 0 Å². The van der Waals surface area contributed by atoms with Gasteiger partial charge in [0.05, 0.1) is 10.9 Å². The van der Waals surface area contributed by atoms with Crippen molar-refractivity contribution >= 4 is 49.7 Å². The van der Waals surface area contributed by atoms with Crippen molar-refractivity contribution in [1.29, 1.82) is 0 Å². The number of carbonyl (C=O) groups is 1. The molecule has 0 aliphatic heterocycles. The van der Waals surface area contributed by atoms with Crippen molar-refractivity contribution in [3.05, 3.63) is 71.8 Å². The van der Waals surface area contributed by atoms with Gasteiger partial charge in [-0.25, -0.2) is 9.97 Å². The smallest absolute Gasteiger partial charge is 0.215 e. The number of ketones is 1. The molecule has 0 aliphatic carbocycles. The number of rotatable bonds is 2. The second kappa shape index (κ2) is 5.29. The van der Waals surface area contributed by atoms with Crippen LogP contribution in [0.3, 0.4) is 0 Å². The number of benzene rings is 2. The number of aromatic amines is 3. The van der Waals surface area contributed by atoms with Crippen LogP contribution in [0.4, 0.5) is 0 Å². The molecule has 0 amide bonds. The molecule has 6 aromatic rings. The van der Waals surface area contributed by atoms with E-state index in [-0.39, 0.29) is 5.78 Å². The number of imidazole rings is 1. The molecule has 0 atom stereocenters. The highest BCUT2D eigenvalue weighted by Crippen LogP contribution is 2.32. The number of nitrogens with one attached hydrogen (secondary N) is 3. The largest absolute Gasteiger partial charge is 0.360 e. The van der Waals surface area contributed by atoms with Crippen LogP contribution in [0.25, 0.3) is 43.9 Å². The zero-order valence-corrected chi connectivity index (χ0v) is 15.0. The number of H-pyrrole nitrogens is 3. The summed E-state index contributed by atoms with van der Waals surface area (Å²) in [6.07, 6.45) is 1.75. The molecule has 28 heavy (non-hydrogen) atoms. The Morgan fingerprint density at radius 3 is 2.50 bits per heavy atom. The molecule has 0 bridgehead atoms. The fraction of sp³-hybridized carbons (Fsp3) is 0.0455. The Hall–Kier alpha value is -3.93. The Bertz CT molecular complexity index is 1550. The molecule has 0 saturated heterocycles. The minimum absolute atomic E-state index is 0.133. The standard InChI is InChI=1S/C22H15N5O/c1-11-24-18-17-13-7-3-5-9-16(13)26-22(17)27-20(19(18)25-11)21(28)14-10-23-15-8-4-2-6-12(14)15/h2-10,23H,1H3,(H,24,25)(H,26,27). The molecule has 4 heterocycles. The summed E-state index contributed by atoms with van der Waals surface area (Å²) in [5.74, 6) is 0.620. The number of pyridine rings is 1. The fourth-order valence-electron chi connectivity index (χ4n) is 4.01. The highest BCUT2D eigenvalue weighted by molar-refractivity contribution is 6.25. The van der Waals surface area contributed by atoms with Crippen molar-refractivity contribution in [2.24, 2.45) is 0 Å². The van der Waals surface area contributed by atoms with Gasteiger partial charge in [0.15, 0.2) is 0 Å². The summed E-state index contributed by atoms with van der Waals surface area (Å²) >= 11 is 0. The zero-order chi connectivity index (χ0) is 18.8. The van der Waals surface area contributed by atoms with Crippen LogP contribution < -0.4 is 0 Å². The molecule has 6 rings (SSSR count). The predicted octanol–water partition coefficient (Wildman–Crippen LogP) is 4.61. The van der Waals surface area contributed by atoms with Gasteiger partial charge >= 0.3 is 0 Å². The third kappa shape index (κ3) is 1.94. The van der Waals surface area contributed by atoms with Gasteiger partial charge in [-0.15, -0.1) is 0 Å². The van der Waals surface area contributed by atoms with Crippen LogP contribution >= 0.6 is 0 Å². The van der Waals surface area contributed by atoms with Crippen LogP contribution in [0.5, 0.6) is 0 Å². The predicted molar refractivity (Wildman–Crippen MR) is 110 cm³/mol. The number of hydrogen-bond donors (Lipinski definition) is 3. The second-order valence-electron chi connectivity index (χ2n) is 6.98. The number of aromatic nitrogens is 5. The lowest BCUT2D eigenvalue weighted by atomic mass is 10.0. The zero-order valence-electron chi connectivity index (χ0n) is 15.0. The lowest BCUT2D eigenvalue weighted by Crippen LogP contribution is -2.05.